The first-order chi connectivity index (χ1) is 7.84. The second-order valence-electron chi connectivity index (χ2n) is 5.64. The van der Waals surface area contributed by atoms with E-state index in [1.807, 2.05) is 0 Å². The first-order valence-electron chi connectivity index (χ1n) is 6.89. The van der Waals surface area contributed by atoms with Crippen LogP contribution in [-0.2, 0) is 4.79 Å². The molecular formula is C13H22N2O. The van der Waals surface area contributed by atoms with E-state index < -0.39 is 0 Å². The lowest BCUT2D eigenvalue weighted by atomic mass is 9.85. The largest absolute Gasteiger partial charge is 0.341 e. The van der Waals surface area contributed by atoms with Gasteiger partial charge in [-0.1, -0.05) is 12.8 Å². The van der Waals surface area contributed by atoms with Crippen LogP contribution in [-0.4, -0.2) is 36.0 Å². The van der Waals surface area contributed by atoms with E-state index in [9.17, 15) is 4.79 Å². The Morgan fingerprint density at radius 1 is 1.06 bits per heavy atom. The molecule has 1 aliphatic carbocycles. The summed E-state index contributed by atoms with van der Waals surface area (Å²) in [5.41, 5.74) is 0. The van der Waals surface area contributed by atoms with Crippen molar-refractivity contribution in [3.8, 4) is 0 Å². The summed E-state index contributed by atoms with van der Waals surface area (Å²) in [4.78, 5) is 14.3. The number of amides is 1. The molecule has 3 nitrogen and oxygen atoms in total. The molecule has 2 saturated heterocycles. The smallest absolute Gasteiger partial charge is 0.239 e. The van der Waals surface area contributed by atoms with Gasteiger partial charge >= 0.3 is 0 Å². The van der Waals surface area contributed by atoms with Crippen molar-refractivity contribution < 1.29 is 4.79 Å². The van der Waals surface area contributed by atoms with Gasteiger partial charge in [-0.15, -0.1) is 0 Å². The molecule has 0 aromatic heterocycles. The highest BCUT2D eigenvalue weighted by atomic mass is 16.2. The SMILES string of the molecule is O=C(C1CC2CCCCC2N1)N1CCCC1. The van der Waals surface area contributed by atoms with Crippen molar-refractivity contribution in [2.75, 3.05) is 13.1 Å². The van der Waals surface area contributed by atoms with E-state index in [4.69, 9.17) is 0 Å². The molecule has 3 rings (SSSR count). The number of carbonyl (C=O) groups is 1. The van der Waals surface area contributed by atoms with Crippen LogP contribution in [0, 0.1) is 5.92 Å². The fraction of sp³-hybridized carbons (Fsp3) is 0.923. The van der Waals surface area contributed by atoms with Crippen molar-refractivity contribution in [2.45, 2.75) is 57.0 Å². The Hall–Kier alpha value is -0.570. The number of hydrogen-bond donors (Lipinski definition) is 1. The normalized spacial score (nSPS) is 38.8. The Labute approximate surface area is 97.6 Å². The van der Waals surface area contributed by atoms with Crippen molar-refractivity contribution in [1.29, 1.82) is 0 Å². The molecule has 1 saturated carbocycles. The second-order valence-corrected chi connectivity index (χ2v) is 5.64. The summed E-state index contributed by atoms with van der Waals surface area (Å²) < 4.78 is 0. The number of carbonyl (C=O) groups excluding carboxylic acids is 1. The zero-order valence-corrected chi connectivity index (χ0v) is 9.95. The van der Waals surface area contributed by atoms with E-state index >= 15 is 0 Å². The number of likely N-dealkylation sites (tertiary alicyclic amines) is 1. The Balaban J connectivity index is 1.61. The summed E-state index contributed by atoms with van der Waals surface area (Å²) in [5, 5.41) is 3.58. The Bertz CT molecular complexity index is 259. The molecule has 3 aliphatic rings. The number of hydrogen-bond acceptors (Lipinski definition) is 2. The fourth-order valence-electron chi connectivity index (χ4n) is 3.67. The summed E-state index contributed by atoms with van der Waals surface area (Å²) in [5.74, 6) is 1.16. The van der Waals surface area contributed by atoms with E-state index in [0.717, 1.165) is 25.4 Å². The Morgan fingerprint density at radius 3 is 2.56 bits per heavy atom. The fourth-order valence-corrected chi connectivity index (χ4v) is 3.67. The predicted molar refractivity (Wildman–Crippen MR) is 63.1 cm³/mol. The van der Waals surface area contributed by atoms with Crippen molar-refractivity contribution in [3.05, 3.63) is 0 Å². The molecule has 0 aromatic rings. The lowest BCUT2D eigenvalue weighted by molar-refractivity contribution is -0.132. The highest BCUT2D eigenvalue weighted by Crippen LogP contribution is 2.33. The second kappa shape index (κ2) is 4.36. The van der Waals surface area contributed by atoms with Crippen LogP contribution in [0.1, 0.15) is 44.9 Å². The zero-order valence-electron chi connectivity index (χ0n) is 9.95. The minimum Gasteiger partial charge on any atom is -0.341 e. The molecular weight excluding hydrogens is 200 g/mol. The van der Waals surface area contributed by atoms with Crippen LogP contribution in [0.4, 0.5) is 0 Å². The predicted octanol–water partition coefficient (Wildman–Crippen LogP) is 1.53. The lowest BCUT2D eigenvalue weighted by Gasteiger charge is -2.24. The third-order valence-corrected chi connectivity index (χ3v) is 4.58. The highest BCUT2D eigenvalue weighted by Gasteiger charge is 2.39. The van der Waals surface area contributed by atoms with Gasteiger partial charge in [0.15, 0.2) is 0 Å². The van der Waals surface area contributed by atoms with Crippen LogP contribution in [0.25, 0.3) is 0 Å². The van der Waals surface area contributed by atoms with Gasteiger partial charge in [0, 0.05) is 19.1 Å². The third kappa shape index (κ3) is 1.86. The standard InChI is InChI=1S/C13H22N2O/c16-13(15-7-3-4-8-15)12-9-10-5-1-2-6-11(10)14-12/h10-12,14H,1-9H2. The molecule has 1 amide bonds. The van der Waals surface area contributed by atoms with Crippen LogP contribution in [0.3, 0.4) is 0 Å². The van der Waals surface area contributed by atoms with Crippen LogP contribution < -0.4 is 5.32 Å². The monoisotopic (exact) mass is 222 g/mol. The van der Waals surface area contributed by atoms with Gasteiger partial charge in [-0.2, -0.15) is 0 Å². The Kier molecular flexibility index (Phi) is 2.88. The number of rotatable bonds is 1. The third-order valence-electron chi connectivity index (χ3n) is 4.58. The summed E-state index contributed by atoms with van der Waals surface area (Å²) >= 11 is 0. The molecule has 3 heteroatoms. The lowest BCUT2D eigenvalue weighted by Crippen LogP contribution is -2.44. The minimum atomic E-state index is 0.145. The van der Waals surface area contributed by atoms with Gasteiger partial charge in [0.2, 0.25) is 5.91 Å². The molecule has 0 bridgehead atoms. The molecule has 0 aromatic carbocycles. The van der Waals surface area contributed by atoms with Gasteiger partial charge in [0.05, 0.1) is 6.04 Å². The maximum Gasteiger partial charge on any atom is 0.239 e. The maximum atomic E-state index is 12.3. The average molecular weight is 222 g/mol. The van der Waals surface area contributed by atoms with Crippen molar-refractivity contribution in [2.24, 2.45) is 5.92 Å². The minimum absolute atomic E-state index is 0.145. The number of nitrogens with one attached hydrogen (secondary N) is 1. The molecule has 90 valence electrons. The maximum absolute atomic E-state index is 12.3. The number of nitrogens with zero attached hydrogens (tertiary/aromatic N) is 1. The van der Waals surface area contributed by atoms with Crippen LogP contribution >= 0.6 is 0 Å². The van der Waals surface area contributed by atoms with E-state index in [2.05, 4.69) is 10.2 Å². The zero-order chi connectivity index (χ0) is 11.0. The summed E-state index contributed by atoms with van der Waals surface area (Å²) in [6.45, 7) is 1.98. The highest BCUT2D eigenvalue weighted by molar-refractivity contribution is 5.82. The van der Waals surface area contributed by atoms with Crippen LogP contribution in [0.5, 0.6) is 0 Å². The molecule has 16 heavy (non-hydrogen) atoms. The molecule has 3 fully saturated rings. The van der Waals surface area contributed by atoms with Gasteiger partial charge in [0.25, 0.3) is 0 Å². The molecule has 3 unspecified atom stereocenters. The molecule has 2 heterocycles. The Morgan fingerprint density at radius 2 is 1.81 bits per heavy atom. The first kappa shape index (κ1) is 10.6. The van der Waals surface area contributed by atoms with Gasteiger partial charge in [-0.3, -0.25) is 4.79 Å². The summed E-state index contributed by atoms with van der Waals surface area (Å²) in [7, 11) is 0. The van der Waals surface area contributed by atoms with Gasteiger partial charge in [0.1, 0.15) is 0 Å². The molecule has 3 atom stereocenters. The quantitative estimate of drug-likeness (QED) is 0.729. The molecule has 1 N–H and O–H groups in total. The van der Waals surface area contributed by atoms with E-state index in [0.29, 0.717) is 11.9 Å². The number of fused-ring (bicyclic) bond motifs is 1. The van der Waals surface area contributed by atoms with Gasteiger partial charge in [-0.05, 0) is 38.0 Å². The molecule has 2 aliphatic heterocycles. The topological polar surface area (TPSA) is 32.3 Å². The summed E-state index contributed by atoms with van der Waals surface area (Å²) in [6, 6.07) is 0.788. The van der Waals surface area contributed by atoms with Gasteiger partial charge < -0.3 is 10.2 Å². The molecule has 0 radical (unpaired) electrons. The molecule has 0 spiro atoms. The van der Waals surface area contributed by atoms with E-state index in [1.165, 1.54) is 38.5 Å². The van der Waals surface area contributed by atoms with Crippen molar-refractivity contribution in [3.63, 3.8) is 0 Å². The van der Waals surface area contributed by atoms with Crippen LogP contribution in [0.2, 0.25) is 0 Å². The van der Waals surface area contributed by atoms with Crippen molar-refractivity contribution in [1.82, 2.24) is 10.2 Å². The van der Waals surface area contributed by atoms with Crippen molar-refractivity contribution >= 4 is 5.91 Å². The van der Waals surface area contributed by atoms with E-state index in [1.54, 1.807) is 0 Å². The van der Waals surface area contributed by atoms with E-state index in [-0.39, 0.29) is 6.04 Å². The summed E-state index contributed by atoms with van der Waals surface area (Å²) in [6.07, 6.45) is 8.83. The van der Waals surface area contributed by atoms with Gasteiger partial charge in [-0.25, -0.2) is 0 Å². The first-order valence-corrected chi connectivity index (χ1v) is 6.89. The average Bonchev–Trinajstić information content (AvgIpc) is 2.97. The van der Waals surface area contributed by atoms with Crippen LogP contribution in [0.15, 0.2) is 0 Å².